The molecule has 0 bridgehead atoms. The Kier molecular flexibility index (Phi) is 5.34. The van der Waals surface area contributed by atoms with Crippen LogP contribution in [0.25, 0.3) is 0 Å². The molecular weight excluding hydrogens is 288 g/mol. The van der Waals surface area contributed by atoms with Crippen LogP contribution in [0, 0.1) is 17.6 Å². The largest absolute Gasteiger partial charge is 0.376 e. The van der Waals surface area contributed by atoms with E-state index in [1.807, 2.05) is 0 Å². The number of aliphatic imine (C=N–C) groups is 1. The van der Waals surface area contributed by atoms with Crippen molar-refractivity contribution in [2.45, 2.75) is 38.2 Å². The van der Waals surface area contributed by atoms with E-state index < -0.39 is 11.6 Å². The van der Waals surface area contributed by atoms with Crippen LogP contribution in [0.2, 0.25) is 0 Å². The third kappa shape index (κ3) is 4.16. The molecule has 0 amide bonds. The van der Waals surface area contributed by atoms with Gasteiger partial charge in [-0.3, -0.25) is 4.99 Å². The molecule has 1 aromatic rings. The lowest BCUT2D eigenvalue weighted by atomic mass is 9.79. The fourth-order valence-electron chi connectivity index (χ4n) is 2.72. The number of ether oxygens (including phenoxy) is 1. The van der Waals surface area contributed by atoms with Crippen LogP contribution in [0.5, 0.6) is 0 Å². The number of hydrogen-bond donors (Lipinski definition) is 2. The molecule has 2 rings (SSSR count). The molecule has 1 aliphatic carbocycles. The zero-order valence-corrected chi connectivity index (χ0v) is 13.0. The molecule has 0 aromatic heterocycles. The van der Waals surface area contributed by atoms with Crippen LogP contribution >= 0.6 is 0 Å². The SMILES string of the molecule is COC1(CN=C(N)Nc2cc(F)ccc2F)CCC(C)CC1. The number of halogens is 2. The van der Waals surface area contributed by atoms with Gasteiger partial charge in [0.15, 0.2) is 5.96 Å². The van der Waals surface area contributed by atoms with Gasteiger partial charge in [-0.05, 0) is 43.7 Å². The summed E-state index contributed by atoms with van der Waals surface area (Å²) in [7, 11) is 1.68. The van der Waals surface area contributed by atoms with Crippen LogP contribution in [0.1, 0.15) is 32.6 Å². The van der Waals surface area contributed by atoms with E-state index in [1.54, 1.807) is 7.11 Å². The molecule has 22 heavy (non-hydrogen) atoms. The Morgan fingerprint density at radius 3 is 2.73 bits per heavy atom. The van der Waals surface area contributed by atoms with Gasteiger partial charge in [-0.15, -0.1) is 0 Å². The van der Waals surface area contributed by atoms with Gasteiger partial charge >= 0.3 is 0 Å². The van der Waals surface area contributed by atoms with E-state index in [2.05, 4.69) is 17.2 Å². The first-order valence-electron chi connectivity index (χ1n) is 7.51. The van der Waals surface area contributed by atoms with Crippen molar-refractivity contribution < 1.29 is 13.5 Å². The van der Waals surface area contributed by atoms with Crippen molar-refractivity contribution in [3.8, 4) is 0 Å². The maximum absolute atomic E-state index is 13.5. The number of hydrogen-bond acceptors (Lipinski definition) is 2. The van der Waals surface area contributed by atoms with Crippen molar-refractivity contribution in [1.82, 2.24) is 0 Å². The lowest BCUT2D eigenvalue weighted by Crippen LogP contribution is -2.40. The Labute approximate surface area is 129 Å². The normalized spacial score (nSPS) is 26.0. The molecule has 0 saturated heterocycles. The van der Waals surface area contributed by atoms with E-state index in [-0.39, 0.29) is 17.2 Å². The second kappa shape index (κ2) is 7.05. The maximum Gasteiger partial charge on any atom is 0.193 e. The molecular formula is C16H23F2N3O. The smallest absolute Gasteiger partial charge is 0.193 e. The van der Waals surface area contributed by atoms with Gasteiger partial charge < -0.3 is 15.8 Å². The average molecular weight is 311 g/mol. The Balaban J connectivity index is 2.01. The second-order valence-electron chi connectivity index (χ2n) is 6.02. The van der Waals surface area contributed by atoms with Gasteiger partial charge in [-0.2, -0.15) is 0 Å². The Bertz CT molecular complexity index is 540. The molecule has 4 nitrogen and oxygen atoms in total. The first kappa shape index (κ1) is 16.7. The highest BCUT2D eigenvalue weighted by Crippen LogP contribution is 2.34. The van der Waals surface area contributed by atoms with Crippen LogP contribution in [0.3, 0.4) is 0 Å². The summed E-state index contributed by atoms with van der Waals surface area (Å²) in [5.74, 6) is -0.359. The molecule has 1 aromatic carbocycles. The average Bonchev–Trinajstić information content (AvgIpc) is 2.51. The summed E-state index contributed by atoms with van der Waals surface area (Å²) in [5.41, 5.74) is 5.45. The fourth-order valence-corrected chi connectivity index (χ4v) is 2.72. The van der Waals surface area contributed by atoms with E-state index in [0.29, 0.717) is 12.5 Å². The summed E-state index contributed by atoms with van der Waals surface area (Å²) in [4.78, 5) is 4.25. The molecule has 0 unspecified atom stereocenters. The quantitative estimate of drug-likeness (QED) is 0.662. The van der Waals surface area contributed by atoms with Crippen LogP contribution in [-0.4, -0.2) is 25.2 Å². The molecule has 3 N–H and O–H groups in total. The molecule has 1 aliphatic rings. The van der Waals surface area contributed by atoms with E-state index >= 15 is 0 Å². The Morgan fingerprint density at radius 2 is 2.09 bits per heavy atom. The van der Waals surface area contributed by atoms with Gasteiger partial charge in [0.1, 0.15) is 11.6 Å². The lowest BCUT2D eigenvalue weighted by molar-refractivity contribution is -0.0394. The van der Waals surface area contributed by atoms with Crippen molar-refractivity contribution in [1.29, 1.82) is 0 Å². The number of rotatable bonds is 4. The molecule has 0 atom stereocenters. The van der Waals surface area contributed by atoms with Gasteiger partial charge in [-0.25, -0.2) is 8.78 Å². The van der Waals surface area contributed by atoms with Crippen LogP contribution in [0.15, 0.2) is 23.2 Å². The van der Waals surface area contributed by atoms with E-state index in [9.17, 15) is 8.78 Å². The van der Waals surface area contributed by atoms with E-state index in [1.165, 1.54) is 0 Å². The standard InChI is InChI=1S/C16H23F2N3O/c1-11-5-7-16(22-2,8-6-11)10-20-15(19)21-14-9-12(17)3-4-13(14)18/h3-4,9,11H,5-8,10H2,1-2H3,(H3,19,20,21). The molecule has 1 saturated carbocycles. The van der Waals surface area contributed by atoms with Crippen molar-refractivity contribution in [2.24, 2.45) is 16.6 Å². The van der Waals surface area contributed by atoms with Crippen LogP contribution in [0.4, 0.5) is 14.5 Å². The topological polar surface area (TPSA) is 59.6 Å². The molecule has 0 heterocycles. The van der Waals surface area contributed by atoms with Crippen molar-refractivity contribution in [3.63, 3.8) is 0 Å². The summed E-state index contributed by atoms with van der Waals surface area (Å²) in [6.07, 6.45) is 4.04. The molecule has 1 fully saturated rings. The first-order valence-corrected chi connectivity index (χ1v) is 7.51. The molecule has 0 spiro atoms. The number of methoxy groups -OCH3 is 1. The molecule has 0 aliphatic heterocycles. The Morgan fingerprint density at radius 1 is 1.41 bits per heavy atom. The first-order chi connectivity index (χ1) is 10.4. The fraction of sp³-hybridized carbons (Fsp3) is 0.562. The summed E-state index contributed by atoms with van der Waals surface area (Å²) >= 11 is 0. The molecule has 6 heteroatoms. The van der Waals surface area contributed by atoms with Crippen LogP contribution < -0.4 is 11.1 Å². The predicted octanol–water partition coefficient (Wildman–Crippen LogP) is 3.29. The zero-order valence-electron chi connectivity index (χ0n) is 13.0. The predicted molar refractivity (Wildman–Crippen MR) is 83.8 cm³/mol. The molecule has 0 radical (unpaired) electrons. The highest BCUT2D eigenvalue weighted by Gasteiger charge is 2.34. The lowest BCUT2D eigenvalue weighted by Gasteiger charge is -2.37. The number of anilines is 1. The monoisotopic (exact) mass is 311 g/mol. The number of nitrogens with one attached hydrogen (secondary N) is 1. The Hall–Kier alpha value is -1.69. The van der Waals surface area contributed by atoms with Gasteiger partial charge in [0.05, 0.1) is 17.8 Å². The number of nitrogens with two attached hydrogens (primary N) is 1. The number of nitrogens with zero attached hydrogens (tertiary/aromatic N) is 1. The second-order valence-corrected chi connectivity index (χ2v) is 6.02. The third-order valence-corrected chi connectivity index (χ3v) is 4.35. The minimum absolute atomic E-state index is 0.0232. The third-order valence-electron chi connectivity index (χ3n) is 4.35. The van der Waals surface area contributed by atoms with Gasteiger partial charge in [0, 0.05) is 13.2 Å². The summed E-state index contributed by atoms with van der Waals surface area (Å²) in [6.45, 7) is 2.64. The van der Waals surface area contributed by atoms with E-state index in [0.717, 1.165) is 43.9 Å². The molecule has 122 valence electrons. The van der Waals surface area contributed by atoms with E-state index in [4.69, 9.17) is 10.5 Å². The van der Waals surface area contributed by atoms with Crippen molar-refractivity contribution in [3.05, 3.63) is 29.8 Å². The number of guanidine groups is 1. The van der Waals surface area contributed by atoms with Gasteiger partial charge in [0.2, 0.25) is 0 Å². The van der Waals surface area contributed by atoms with Crippen molar-refractivity contribution >= 4 is 11.6 Å². The van der Waals surface area contributed by atoms with Crippen molar-refractivity contribution in [2.75, 3.05) is 19.0 Å². The minimum atomic E-state index is -0.576. The van der Waals surface area contributed by atoms with Crippen LogP contribution in [-0.2, 0) is 4.74 Å². The van der Waals surface area contributed by atoms with Gasteiger partial charge in [-0.1, -0.05) is 6.92 Å². The summed E-state index contributed by atoms with van der Waals surface area (Å²) < 4.78 is 32.3. The number of benzene rings is 1. The summed E-state index contributed by atoms with van der Waals surface area (Å²) in [5, 5.41) is 2.60. The van der Waals surface area contributed by atoms with Gasteiger partial charge in [0.25, 0.3) is 0 Å². The summed E-state index contributed by atoms with van der Waals surface area (Å²) in [6, 6.07) is 3.15. The highest BCUT2D eigenvalue weighted by atomic mass is 19.1. The zero-order chi connectivity index (χ0) is 16.2. The highest BCUT2D eigenvalue weighted by molar-refractivity contribution is 5.92. The maximum atomic E-state index is 13.5. The minimum Gasteiger partial charge on any atom is -0.376 e.